The second-order valence-electron chi connectivity index (χ2n) is 9.35. The summed E-state index contributed by atoms with van der Waals surface area (Å²) in [7, 11) is 0. The highest BCUT2D eigenvalue weighted by molar-refractivity contribution is 6.27. The Balaban J connectivity index is 1.74. The zero-order valence-electron chi connectivity index (χ0n) is 19.2. The first-order valence-electron chi connectivity index (χ1n) is 12.0. The van der Waals surface area contributed by atoms with Gasteiger partial charge in [-0.15, -0.1) is 0 Å². The predicted molar refractivity (Wildman–Crippen MR) is 147 cm³/mol. The van der Waals surface area contributed by atoms with Crippen molar-refractivity contribution in [2.45, 2.75) is 6.92 Å². The van der Waals surface area contributed by atoms with Crippen LogP contribution in [0.3, 0.4) is 0 Å². The normalized spacial score (nSPS) is 12.1. The maximum absolute atomic E-state index is 5.06. The van der Waals surface area contributed by atoms with Crippen LogP contribution in [-0.2, 0) is 0 Å². The highest BCUT2D eigenvalue weighted by atomic mass is 15.0. The standard InChI is InChI=1S/C32H21N3/c1-20-9-8-10-21(19-20)34-27-15-6-4-11-22(27)24-17-18-29-30(31(24)34)23-12-2-3-13-25(23)32-33-26-14-5-7-16-28(26)35(29)32/h2-19H,1H3. The lowest BCUT2D eigenvalue weighted by Gasteiger charge is -2.14. The number of hydrogen-bond donors (Lipinski definition) is 0. The first kappa shape index (κ1) is 18.8. The number of imidazole rings is 1. The van der Waals surface area contributed by atoms with Crippen LogP contribution in [0.15, 0.2) is 109 Å². The van der Waals surface area contributed by atoms with Gasteiger partial charge < -0.3 is 4.57 Å². The molecule has 35 heavy (non-hydrogen) atoms. The molecule has 8 rings (SSSR count). The van der Waals surface area contributed by atoms with E-state index in [1.807, 2.05) is 0 Å². The molecule has 164 valence electrons. The summed E-state index contributed by atoms with van der Waals surface area (Å²) in [6.45, 7) is 2.16. The number of rotatable bonds is 1. The van der Waals surface area contributed by atoms with E-state index in [1.165, 1.54) is 54.7 Å². The molecule has 5 aromatic carbocycles. The van der Waals surface area contributed by atoms with Crippen LogP contribution in [0.25, 0.3) is 65.8 Å². The van der Waals surface area contributed by atoms with Crippen molar-refractivity contribution in [1.29, 1.82) is 0 Å². The van der Waals surface area contributed by atoms with E-state index in [4.69, 9.17) is 4.98 Å². The summed E-state index contributed by atoms with van der Waals surface area (Å²) >= 11 is 0. The quantitative estimate of drug-likeness (QED) is 0.232. The molecule has 0 bridgehead atoms. The number of pyridine rings is 1. The minimum Gasteiger partial charge on any atom is -0.309 e. The van der Waals surface area contributed by atoms with Gasteiger partial charge in [0, 0.05) is 27.2 Å². The van der Waals surface area contributed by atoms with E-state index in [-0.39, 0.29) is 0 Å². The Labute approximate surface area is 201 Å². The van der Waals surface area contributed by atoms with Crippen LogP contribution in [0.1, 0.15) is 5.56 Å². The topological polar surface area (TPSA) is 22.2 Å². The number of aromatic nitrogens is 3. The summed E-state index contributed by atoms with van der Waals surface area (Å²) in [5, 5.41) is 6.19. The number of fused-ring (bicyclic) bond motifs is 12. The Bertz CT molecular complexity index is 2120. The molecule has 0 saturated carbocycles. The van der Waals surface area contributed by atoms with Crippen LogP contribution in [0.4, 0.5) is 0 Å². The Morgan fingerprint density at radius 3 is 2.17 bits per heavy atom. The summed E-state index contributed by atoms with van der Waals surface area (Å²) in [5.41, 5.74) is 9.24. The molecule has 8 aromatic rings. The first-order chi connectivity index (χ1) is 17.3. The van der Waals surface area contributed by atoms with Crippen LogP contribution >= 0.6 is 0 Å². The van der Waals surface area contributed by atoms with Gasteiger partial charge in [-0.1, -0.05) is 72.8 Å². The lowest BCUT2D eigenvalue weighted by molar-refractivity contribution is 1.18. The monoisotopic (exact) mass is 447 g/mol. The van der Waals surface area contributed by atoms with Gasteiger partial charge in [0.1, 0.15) is 5.65 Å². The van der Waals surface area contributed by atoms with Crippen LogP contribution in [0, 0.1) is 6.92 Å². The van der Waals surface area contributed by atoms with Crippen molar-refractivity contribution < 1.29 is 0 Å². The molecule has 3 heteroatoms. The minimum absolute atomic E-state index is 1.01. The first-order valence-corrected chi connectivity index (χ1v) is 12.0. The zero-order chi connectivity index (χ0) is 23.1. The van der Waals surface area contributed by atoms with Crippen molar-refractivity contribution in [3.63, 3.8) is 0 Å². The molecule has 0 fully saturated rings. The SMILES string of the molecule is Cc1cccc(-n2c3ccccc3c3ccc4c(c5ccccc5c5nc6ccccc6n45)c32)c1. The lowest BCUT2D eigenvalue weighted by Crippen LogP contribution is -1.97. The molecular weight excluding hydrogens is 426 g/mol. The molecule has 0 aliphatic rings. The smallest absolute Gasteiger partial charge is 0.146 e. The Morgan fingerprint density at radius 2 is 1.31 bits per heavy atom. The molecule has 3 heterocycles. The fourth-order valence-electron chi connectivity index (χ4n) is 5.88. The molecule has 3 nitrogen and oxygen atoms in total. The van der Waals surface area contributed by atoms with Crippen LogP contribution in [0.2, 0.25) is 0 Å². The van der Waals surface area contributed by atoms with Gasteiger partial charge in [0.2, 0.25) is 0 Å². The molecule has 0 amide bonds. The lowest BCUT2D eigenvalue weighted by atomic mass is 10.0. The molecule has 0 aliphatic heterocycles. The minimum atomic E-state index is 1.01. The fourth-order valence-corrected chi connectivity index (χ4v) is 5.88. The second-order valence-corrected chi connectivity index (χ2v) is 9.35. The molecule has 0 aliphatic carbocycles. The average molecular weight is 448 g/mol. The summed E-state index contributed by atoms with van der Waals surface area (Å²) in [4.78, 5) is 5.06. The van der Waals surface area contributed by atoms with Gasteiger partial charge in [-0.05, 0) is 54.3 Å². The molecule has 0 saturated heterocycles. The van der Waals surface area contributed by atoms with E-state index in [0.29, 0.717) is 0 Å². The van der Waals surface area contributed by atoms with Gasteiger partial charge in [-0.25, -0.2) is 4.98 Å². The molecule has 0 atom stereocenters. The molecule has 0 radical (unpaired) electrons. The largest absolute Gasteiger partial charge is 0.309 e. The van der Waals surface area contributed by atoms with Gasteiger partial charge in [-0.3, -0.25) is 4.40 Å². The fraction of sp³-hybridized carbons (Fsp3) is 0.0312. The zero-order valence-corrected chi connectivity index (χ0v) is 19.2. The second kappa shape index (κ2) is 6.71. The highest BCUT2D eigenvalue weighted by Gasteiger charge is 2.20. The molecule has 0 spiro atoms. The summed E-state index contributed by atoms with van der Waals surface area (Å²) in [6, 6.07) is 39.2. The van der Waals surface area contributed by atoms with E-state index in [9.17, 15) is 0 Å². The Hall–Kier alpha value is -4.63. The van der Waals surface area contributed by atoms with Crippen molar-refractivity contribution in [3.8, 4) is 5.69 Å². The number of hydrogen-bond acceptors (Lipinski definition) is 1. The molecular formula is C32H21N3. The summed E-state index contributed by atoms with van der Waals surface area (Å²) in [5.74, 6) is 0. The van der Waals surface area contributed by atoms with E-state index in [1.54, 1.807) is 0 Å². The maximum atomic E-state index is 5.06. The van der Waals surface area contributed by atoms with Gasteiger partial charge in [0.05, 0.1) is 27.6 Å². The number of aryl methyl sites for hydroxylation is 1. The van der Waals surface area contributed by atoms with Crippen LogP contribution in [-0.4, -0.2) is 14.0 Å². The third-order valence-electron chi connectivity index (χ3n) is 7.31. The van der Waals surface area contributed by atoms with Crippen molar-refractivity contribution in [2.75, 3.05) is 0 Å². The Kier molecular flexibility index (Phi) is 3.59. The van der Waals surface area contributed by atoms with Crippen molar-refractivity contribution in [3.05, 3.63) is 115 Å². The van der Waals surface area contributed by atoms with Gasteiger partial charge in [-0.2, -0.15) is 0 Å². The third kappa shape index (κ3) is 2.42. The van der Waals surface area contributed by atoms with Crippen LogP contribution in [0.5, 0.6) is 0 Å². The maximum Gasteiger partial charge on any atom is 0.146 e. The highest BCUT2D eigenvalue weighted by Crippen LogP contribution is 2.41. The summed E-state index contributed by atoms with van der Waals surface area (Å²) in [6.07, 6.45) is 0. The van der Waals surface area contributed by atoms with Gasteiger partial charge >= 0.3 is 0 Å². The number of benzene rings is 5. The van der Waals surface area contributed by atoms with Crippen molar-refractivity contribution >= 4 is 60.2 Å². The van der Waals surface area contributed by atoms with E-state index in [2.05, 4.69) is 125 Å². The van der Waals surface area contributed by atoms with Gasteiger partial charge in [0.25, 0.3) is 0 Å². The molecule has 3 aromatic heterocycles. The summed E-state index contributed by atoms with van der Waals surface area (Å²) < 4.78 is 4.78. The van der Waals surface area contributed by atoms with E-state index >= 15 is 0 Å². The average Bonchev–Trinajstić information content (AvgIpc) is 3.45. The van der Waals surface area contributed by atoms with Crippen molar-refractivity contribution in [1.82, 2.24) is 14.0 Å². The Morgan fingerprint density at radius 1 is 0.571 bits per heavy atom. The third-order valence-corrected chi connectivity index (χ3v) is 7.31. The molecule has 0 unspecified atom stereocenters. The van der Waals surface area contributed by atoms with Crippen molar-refractivity contribution in [2.24, 2.45) is 0 Å². The molecule has 0 N–H and O–H groups in total. The van der Waals surface area contributed by atoms with Gasteiger partial charge in [0.15, 0.2) is 0 Å². The van der Waals surface area contributed by atoms with E-state index < -0.39 is 0 Å². The number of nitrogens with zero attached hydrogens (tertiary/aromatic N) is 3. The predicted octanol–water partition coefficient (Wildman–Crippen LogP) is 8.20. The number of para-hydroxylation sites is 3. The van der Waals surface area contributed by atoms with Crippen LogP contribution < -0.4 is 0 Å². The van der Waals surface area contributed by atoms with E-state index in [0.717, 1.165) is 16.7 Å².